The van der Waals surface area contributed by atoms with Crippen molar-refractivity contribution in [2.75, 3.05) is 34.3 Å². The number of carbonyl (C=O) groups is 1. The second-order valence-electron chi connectivity index (χ2n) is 7.49. The lowest BCUT2D eigenvalue weighted by atomic mass is 9.86. The van der Waals surface area contributed by atoms with Crippen LogP contribution in [-0.4, -0.2) is 61.2 Å². The van der Waals surface area contributed by atoms with Crippen molar-refractivity contribution in [2.24, 2.45) is 5.92 Å². The van der Waals surface area contributed by atoms with E-state index in [-0.39, 0.29) is 11.7 Å². The summed E-state index contributed by atoms with van der Waals surface area (Å²) in [6.45, 7) is 3.93. The molecule has 1 amide bonds. The van der Waals surface area contributed by atoms with Gasteiger partial charge in [-0.2, -0.15) is 0 Å². The lowest BCUT2D eigenvalue weighted by Gasteiger charge is -2.37. The van der Waals surface area contributed by atoms with Gasteiger partial charge in [0.15, 0.2) is 11.5 Å². The van der Waals surface area contributed by atoms with E-state index in [1.807, 2.05) is 14.1 Å². The smallest absolute Gasteiger partial charge is 0.227 e. The molecular formula is C20H32N2O3. The Morgan fingerprint density at radius 2 is 1.88 bits per heavy atom. The van der Waals surface area contributed by atoms with Crippen LogP contribution in [0.2, 0.25) is 0 Å². The van der Waals surface area contributed by atoms with E-state index >= 15 is 0 Å². The molecule has 0 saturated heterocycles. The van der Waals surface area contributed by atoms with Gasteiger partial charge < -0.3 is 19.6 Å². The topological polar surface area (TPSA) is 53.0 Å². The summed E-state index contributed by atoms with van der Waals surface area (Å²) in [5.41, 5.74) is 0.874. The van der Waals surface area contributed by atoms with Crippen LogP contribution in [0.15, 0.2) is 18.2 Å². The predicted molar refractivity (Wildman–Crippen MR) is 100 cm³/mol. The van der Waals surface area contributed by atoms with E-state index in [1.54, 1.807) is 18.2 Å². The first-order valence-electron chi connectivity index (χ1n) is 9.20. The van der Waals surface area contributed by atoms with Crippen molar-refractivity contribution < 1.29 is 14.6 Å². The lowest BCUT2D eigenvalue weighted by Crippen LogP contribution is -2.46. The molecule has 0 atom stereocenters. The molecule has 0 radical (unpaired) electrons. The fourth-order valence-corrected chi connectivity index (χ4v) is 3.48. The number of likely N-dealkylation sites (N-methyl/N-ethyl adjacent to an activating group) is 1. The minimum Gasteiger partial charge on any atom is -0.504 e. The summed E-state index contributed by atoms with van der Waals surface area (Å²) in [6.07, 6.45) is 4.93. The van der Waals surface area contributed by atoms with Gasteiger partial charge in [0.05, 0.1) is 13.5 Å². The number of rotatable bonds is 7. The highest BCUT2D eigenvalue weighted by Crippen LogP contribution is 2.29. The van der Waals surface area contributed by atoms with Gasteiger partial charge in [0.1, 0.15) is 0 Å². The molecule has 0 spiro atoms. The van der Waals surface area contributed by atoms with Crippen LogP contribution >= 0.6 is 0 Å². The van der Waals surface area contributed by atoms with Gasteiger partial charge in [0.25, 0.3) is 0 Å². The number of nitrogens with zero attached hydrogens (tertiary/aromatic N) is 2. The minimum atomic E-state index is 0.101. The Hall–Kier alpha value is -1.75. The average molecular weight is 348 g/mol. The fourth-order valence-electron chi connectivity index (χ4n) is 3.48. The van der Waals surface area contributed by atoms with Crippen LogP contribution in [0.3, 0.4) is 0 Å². The van der Waals surface area contributed by atoms with Crippen molar-refractivity contribution in [3.63, 3.8) is 0 Å². The molecule has 0 aromatic heterocycles. The molecule has 2 rings (SSSR count). The van der Waals surface area contributed by atoms with Crippen LogP contribution < -0.4 is 4.74 Å². The third kappa shape index (κ3) is 5.63. The van der Waals surface area contributed by atoms with Crippen molar-refractivity contribution in [2.45, 2.75) is 45.1 Å². The summed E-state index contributed by atoms with van der Waals surface area (Å²) in [4.78, 5) is 17.2. The Labute approximate surface area is 151 Å². The van der Waals surface area contributed by atoms with E-state index in [4.69, 9.17) is 4.74 Å². The molecular weight excluding hydrogens is 316 g/mol. The van der Waals surface area contributed by atoms with Crippen LogP contribution in [0.25, 0.3) is 0 Å². The second-order valence-corrected chi connectivity index (χ2v) is 7.49. The third-order valence-electron chi connectivity index (χ3n) is 5.13. The highest BCUT2D eigenvalue weighted by molar-refractivity contribution is 5.79. The Balaban J connectivity index is 2.08. The molecule has 1 saturated carbocycles. The Morgan fingerprint density at radius 1 is 1.20 bits per heavy atom. The molecule has 25 heavy (non-hydrogen) atoms. The standard InChI is InChI=1S/C20H32N2O3/c1-15-5-8-17(9-6-15)22(12-11-21(2)3)20(24)14-16-7-10-18(23)19(13-16)25-4/h7,10,13,15,17,23H,5-6,8-9,11-12,14H2,1-4H3/t15-,17-. The number of aromatic hydroxyl groups is 1. The van der Waals surface area contributed by atoms with E-state index in [1.165, 1.54) is 20.0 Å². The van der Waals surface area contributed by atoms with Gasteiger partial charge >= 0.3 is 0 Å². The largest absolute Gasteiger partial charge is 0.504 e. The lowest BCUT2D eigenvalue weighted by molar-refractivity contribution is -0.133. The number of benzene rings is 1. The van der Waals surface area contributed by atoms with E-state index < -0.39 is 0 Å². The molecule has 0 unspecified atom stereocenters. The van der Waals surface area contributed by atoms with Crippen LogP contribution in [-0.2, 0) is 11.2 Å². The van der Waals surface area contributed by atoms with E-state index in [2.05, 4.69) is 16.7 Å². The fraction of sp³-hybridized carbons (Fsp3) is 0.650. The van der Waals surface area contributed by atoms with Crippen LogP contribution in [0.1, 0.15) is 38.2 Å². The number of hydrogen-bond donors (Lipinski definition) is 1. The van der Waals surface area contributed by atoms with Crippen molar-refractivity contribution in [1.29, 1.82) is 0 Å². The van der Waals surface area contributed by atoms with E-state index in [0.29, 0.717) is 18.2 Å². The summed E-state index contributed by atoms with van der Waals surface area (Å²) in [7, 11) is 5.60. The first-order valence-corrected chi connectivity index (χ1v) is 9.20. The molecule has 140 valence electrons. The highest BCUT2D eigenvalue weighted by Gasteiger charge is 2.27. The first-order chi connectivity index (χ1) is 11.9. The Bertz CT molecular complexity index is 566. The summed E-state index contributed by atoms with van der Waals surface area (Å²) in [5, 5.41) is 9.73. The SMILES string of the molecule is COc1cc(CC(=O)N(CCN(C)C)[C@H]2CC[C@H](C)CC2)ccc1O. The molecule has 5 heteroatoms. The zero-order valence-corrected chi connectivity index (χ0v) is 16.0. The van der Waals surface area contributed by atoms with Gasteiger partial charge in [-0.3, -0.25) is 4.79 Å². The third-order valence-corrected chi connectivity index (χ3v) is 5.13. The van der Waals surface area contributed by atoms with Gasteiger partial charge in [0, 0.05) is 19.1 Å². The quantitative estimate of drug-likeness (QED) is 0.823. The molecule has 5 nitrogen and oxygen atoms in total. The number of methoxy groups -OCH3 is 1. The van der Waals surface area contributed by atoms with Crippen molar-refractivity contribution in [3.05, 3.63) is 23.8 Å². The van der Waals surface area contributed by atoms with Gasteiger partial charge in [-0.15, -0.1) is 0 Å². The van der Waals surface area contributed by atoms with Gasteiger partial charge in [0.2, 0.25) is 5.91 Å². The maximum Gasteiger partial charge on any atom is 0.227 e. The number of ether oxygens (including phenoxy) is 1. The molecule has 1 aliphatic carbocycles. The highest BCUT2D eigenvalue weighted by atomic mass is 16.5. The number of carbonyl (C=O) groups excluding carboxylic acids is 1. The number of phenols is 1. The second kappa shape index (κ2) is 9.09. The van der Waals surface area contributed by atoms with E-state index in [0.717, 1.165) is 37.4 Å². The summed E-state index contributed by atoms with van der Waals surface area (Å²) in [6, 6.07) is 5.49. The Morgan fingerprint density at radius 3 is 2.48 bits per heavy atom. The number of hydrogen-bond acceptors (Lipinski definition) is 4. The van der Waals surface area contributed by atoms with Crippen LogP contribution in [0, 0.1) is 5.92 Å². The van der Waals surface area contributed by atoms with E-state index in [9.17, 15) is 9.90 Å². The van der Waals surface area contributed by atoms with Gasteiger partial charge in [-0.25, -0.2) is 0 Å². The van der Waals surface area contributed by atoms with Crippen LogP contribution in [0.4, 0.5) is 0 Å². The molecule has 1 aromatic rings. The van der Waals surface area contributed by atoms with Crippen molar-refractivity contribution in [1.82, 2.24) is 9.80 Å². The molecule has 1 N–H and O–H groups in total. The Kier molecular flexibility index (Phi) is 7.12. The average Bonchev–Trinajstić information content (AvgIpc) is 2.58. The van der Waals surface area contributed by atoms with Gasteiger partial charge in [-0.1, -0.05) is 13.0 Å². The molecule has 1 aliphatic rings. The van der Waals surface area contributed by atoms with Crippen molar-refractivity contribution >= 4 is 5.91 Å². The summed E-state index contributed by atoms with van der Waals surface area (Å²) in [5.74, 6) is 1.44. The monoisotopic (exact) mass is 348 g/mol. The molecule has 1 aromatic carbocycles. The van der Waals surface area contributed by atoms with Crippen molar-refractivity contribution in [3.8, 4) is 11.5 Å². The van der Waals surface area contributed by atoms with Gasteiger partial charge in [-0.05, 0) is 63.4 Å². The predicted octanol–water partition coefficient (Wildman–Crippen LogP) is 2.91. The zero-order valence-electron chi connectivity index (χ0n) is 16.0. The maximum absolute atomic E-state index is 13.0. The molecule has 0 heterocycles. The summed E-state index contributed by atoms with van der Waals surface area (Å²) < 4.78 is 5.15. The maximum atomic E-state index is 13.0. The molecule has 0 aliphatic heterocycles. The zero-order chi connectivity index (χ0) is 18.4. The first kappa shape index (κ1) is 19.6. The normalized spacial score (nSPS) is 20.5. The molecule has 0 bridgehead atoms. The van der Waals surface area contributed by atoms with Crippen LogP contribution in [0.5, 0.6) is 11.5 Å². The number of phenolic OH excluding ortho intramolecular Hbond substituents is 1. The summed E-state index contributed by atoms with van der Waals surface area (Å²) >= 11 is 0. The minimum absolute atomic E-state index is 0.101. The number of amides is 1. The molecule has 1 fully saturated rings.